The van der Waals surface area contributed by atoms with E-state index in [1.807, 2.05) is 63.3 Å². The van der Waals surface area contributed by atoms with Gasteiger partial charge in [-0.15, -0.1) is 0 Å². The molecule has 2 aromatic carbocycles. The second-order valence-corrected chi connectivity index (χ2v) is 5.64. The van der Waals surface area contributed by atoms with Gasteiger partial charge in [-0.05, 0) is 44.5 Å². The predicted molar refractivity (Wildman–Crippen MR) is 103 cm³/mol. The molecule has 0 spiro atoms. The van der Waals surface area contributed by atoms with E-state index in [-0.39, 0.29) is 5.91 Å². The van der Waals surface area contributed by atoms with Crippen molar-refractivity contribution in [2.45, 2.75) is 20.8 Å². The van der Waals surface area contributed by atoms with E-state index in [0.29, 0.717) is 23.6 Å². The number of benzene rings is 2. The van der Waals surface area contributed by atoms with Crippen LogP contribution in [0.25, 0.3) is 6.08 Å². The maximum atomic E-state index is 13.2. The van der Waals surface area contributed by atoms with Crippen LogP contribution in [0.1, 0.15) is 35.3 Å². The summed E-state index contributed by atoms with van der Waals surface area (Å²) >= 11 is 0. The maximum Gasteiger partial charge on any atom is 0.258 e. The smallest absolute Gasteiger partial charge is 0.258 e. The number of amides is 1. The molecule has 2 rings (SSSR count). The number of nitrogens with zero attached hydrogens (tertiary/aromatic N) is 1. The van der Waals surface area contributed by atoms with Crippen LogP contribution in [0.4, 0.5) is 5.69 Å². The minimum atomic E-state index is -0.0662. The summed E-state index contributed by atoms with van der Waals surface area (Å²) in [5.41, 5.74) is 3.36. The van der Waals surface area contributed by atoms with E-state index in [4.69, 9.17) is 9.47 Å². The summed E-state index contributed by atoms with van der Waals surface area (Å²) in [6.45, 7) is 6.48. The molecule has 0 heterocycles. The molecule has 4 heteroatoms. The average Bonchev–Trinajstić information content (AvgIpc) is 2.63. The van der Waals surface area contributed by atoms with Gasteiger partial charge >= 0.3 is 0 Å². The highest BCUT2D eigenvalue weighted by Gasteiger charge is 2.21. The Morgan fingerprint density at radius 2 is 1.88 bits per heavy atom. The van der Waals surface area contributed by atoms with Gasteiger partial charge in [0.25, 0.3) is 5.91 Å². The minimum Gasteiger partial charge on any atom is -0.493 e. The number of aryl methyl sites for hydroxylation is 1. The van der Waals surface area contributed by atoms with Crippen LogP contribution in [0, 0.1) is 6.92 Å². The predicted octanol–water partition coefficient (Wildman–Crippen LogP) is 4.71. The molecule has 0 bridgehead atoms. The Bertz CT molecular complexity index is 781. The average molecular weight is 339 g/mol. The molecule has 0 aliphatic rings. The van der Waals surface area contributed by atoms with Crippen molar-refractivity contribution in [3.8, 4) is 11.5 Å². The number of ether oxygens (including phenoxy) is 2. The van der Waals surface area contributed by atoms with Crippen LogP contribution in [0.2, 0.25) is 0 Å². The van der Waals surface area contributed by atoms with Crippen LogP contribution in [0.15, 0.2) is 42.5 Å². The van der Waals surface area contributed by atoms with E-state index in [1.165, 1.54) is 0 Å². The summed E-state index contributed by atoms with van der Waals surface area (Å²) in [6, 6.07) is 11.4. The van der Waals surface area contributed by atoms with Gasteiger partial charge in [0.15, 0.2) is 11.5 Å². The van der Waals surface area contributed by atoms with Crippen molar-refractivity contribution in [3.05, 3.63) is 59.2 Å². The van der Waals surface area contributed by atoms with Gasteiger partial charge in [0, 0.05) is 23.4 Å². The van der Waals surface area contributed by atoms with Crippen LogP contribution in [0.3, 0.4) is 0 Å². The number of carbonyl (C=O) groups excluding carboxylic acids is 1. The van der Waals surface area contributed by atoms with Crippen molar-refractivity contribution in [2.24, 2.45) is 0 Å². The van der Waals surface area contributed by atoms with Gasteiger partial charge in [-0.2, -0.15) is 0 Å². The van der Waals surface area contributed by atoms with Crippen LogP contribution >= 0.6 is 0 Å². The zero-order valence-corrected chi connectivity index (χ0v) is 15.5. The molecule has 0 unspecified atom stereocenters. The van der Waals surface area contributed by atoms with Crippen molar-refractivity contribution >= 4 is 17.7 Å². The van der Waals surface area contributed by atoms with Gasteiger partial charge in [-0.3, -0.25) is 4.79 Å². The fraction of sp³-hybridized carbons (Fsp3) is 0.286. The highest BCUT2D eigenvalue weighted by molar-refractivity contribution is 6.07. The first-order valence-corrected chi connectivity index (χ1v) is 8.33. The molecule has 4 nitrogen and oxygen atoms in total. The summed E-state index contributed by atoms with van der Waals surface area (Å²) in [5.74, 6) is 1.10. The second-order valence-electron chi connectivity index (χ2n) is 5.64. The van der Waals surface area contributed by atoms with Gasteiger partial charge in [0.05, 0.1) is 14.2 Å². The number of hydrogen-bond donors (Lipinski definition) is 0. The largest absolute Gasteiger partial charge is 0.493 e. The molecule has 0 atom stereocenters. The van der Waals surface area contributed by atoms with E-state index in [9.17, 15) is 4.79 Å². The molecule has 1 amide bonds. The molecule has 0 N–H and O–H groups in total. The standard InChI is InChI=1S/C21H25NO3/c1-6-10-16-13-17(14-19(24-4)20(16)25-5)21(23)22(7-2)18-12-9-8-11-15(18)3/h6,8-14H,7H2,1-5H3/b10-6+. The number of carbonyl (C=O) groups is 1. The Morgan fingerprint density at radius 1 is 1.16 bits per heavy atom. The maximum absolute atomic E-state index is 13.2. The molecule has 0 fully saturated rings. The number of methoxy groups -OCH3 is 2. The third-order valence-electron chi connectivity index (χ3n) is 4.07. The minimum absolute atomic E-state index is 0.0662. The summed E-state index contributed by atoms with van der Waals surface area (Å²) in [5, 5.41) is 0. The number of rotatable bonds is 6. The van der Waals surface area contributed by atoms with E-state index in [0.717, 1.165) is 16.8 Å². The highest BCUT2D eigenvalue weighted by Crippen LogP contribution is 2.34. The van der Waals surface area contributed by atoms with Crippen LogP contribution in [-0.2, 0) is 0 Å². The lowest BCUT2D eigenvalue weighted by atomic mass is 10.1. The molecule has 0 saturated carbocycles. The van der Waals surface area contributed by atoms with Crippen molar-refractivity contribution in [1.82, 2.24) is 0 Å². The third kappa shape index (κ3) is 3.85. The Labute approximate surface area is 149 Å². The first-order chi connectivity index (χ1) is 12.1. The normalized spacial score (nSPS) is 10.8. The van der Waals surface area contributed by atoms with Gasteiger partial charge < -0.3 is 14.4 Å². The van der Waals surface area contributed by atoms with Crippen LogP contribution in [-0.4, -0.2) is 26.7 Å². The van der Waals surface area contributed by atoms with Crippen LogP contribution in [0.5, 0.6) is 11.5 Å². The third-order valence-corrected chi connectivity index (χ3v) is 4.07. The fourth-order valence-electron chi connectivity index (χ4n) is 2.87. The van der Waals surface area contributed by atoms with Gasteiger partial charge in [0.1, 0.15) is 0 Å². The van der Waals surface area contributed by atoms with Gasteiger partial charge in [-0.25, -0.2) is 0 Å². The van der Waals surface area contributed by atoms with Crippen molar-refractivity contribution in [2.75, 3.05) is 25.7 Å². The summed E-state index contributed by atoms with van der Waals surface area (Å²) in [4.78, 5) is 14.9. The Hall–Kier alpha value is -2.75. The lowest BCUT2D eigenvalue weighted by Gasteiger charge is -2.24. The first-order valence-electron chi connectivity index (χ1n) is 8.33. The molecule has 132 valence electrons. The lowest BCUT2D eigenvalue weighted by molar-refractivity contribution is 0.0987. The van der Waals surface area contributed by atoms with Crippen LogP contribution < -0.4 is 14.4 Å². The van der Waals surface area contributed by atoms with Gasteiger partial charge in [-0.1, -0.05) is 30.4 Å². The second kappa shape index (κ2) is 8.38. The highest BCUT2D eigenvalue weighted by atomic mass is 16.5. The summed E-state index contributed by atoms with van der Waals surface area (Å²) < 4.78 is 10.9. The molecular formula is C21H25NO3. The van der Waals surface area contributed by atoms with Crippen molar-refractivity contribution < 1.29 is 14.3 Å². The number of allylic oxidation sites excluding steroid dienone is 1. The van der Waals surface area contributed by atoms with E-state index in [1.54, 1.807) is 25.2 Å². The number of hydrogen-bond acceptors (Lipinski definition) is 3. The monoisotopic (exact) mass is 339 g/mol. The number of para-hydroxylation sites is 1. The molecule has 0 saturated heterocycles. The van der Waals surface area contributed by atoms with E-state index >= 15 is 0 Å². The molecule has 25 heavy (non-hydrogen) atoms. The Balaban J connectivity index is 2.54. The lowest BCUT2D eigenvalue weighted by Crippen LogP contribution is -2.31. The SMILES string of the molecule is C/C=C/c1cc(C(=O)N(CC)c2ccccc2C)cc(OC)c1OC. The quantitative estimate of drug-likeness (QED) is 0.765. The topological polar surface area (TPSA) is 38.8 Å². The molecule has 0 radical (unpaired) electrons. The zero-order chi connectivity index (χ0) is 18.4. The first kappa shape index (κ1) is 18.6. The molecule has 0 aromatic heterocycles. The number of anilines is 1. The molecule has 0 aliphatic heterocycles. The van der Waals surface area contributed by atoms with E-state index < -0.39 is 0 Å². The van der Waals surface area contributed by atoms with E-state index in [2.05, 4.69) is 0 Å². The molecule has 0 aliphatic carbocycles. The summed E-state index contributed by atoms with van der Waals surface area (Å²) in [6.07, 6.45) is 3.81. The zero-order valence-electron chi connectivity index (χ0n) is 15.5. The Morgan fingerprint density at radius 3 is 2.44 bits per heavy atom. The Kier molecular flexibility index (Phi) is 6.23. The van der Waals surface area contributed by atoms with Crippen molar-refractivity contribution in [3.63, 3.8) is 0 Å². The summed E-state index contributed by atoms with van der Waals surface area (Å²) in [7, 11) is 3.17. The fourth-order valence-corrected chi connectivity index (χ4v) is 2.87. The molecule has 2 aromatic rings. The van der Waals surface area contributed by atoms with Crippen molar-refractivity contribution in [1.29, 1.82) is 0 Å². The van der Waals surface area contributed by atoms with Gasteiger partial charge in [0.2, 0.25) is 0 Å². The molecular weight excluding hydrogens is 314 g/mol.